The number of carboxylic acid groups (broad SMARTS) is 1. The second-order valence-electron chi connectivity index (χ2n) is 4.57. The van der Waals surface area contributed by atoms with Crippen LogP contribution in [-0.4, -0.2) is 40.2 Å². The number of piperidine rings is 1. The summed E-state index contributed by atoms with van der Waals surface area (Å²) in [4.78, 5) is 21.5. The van der Waals surface area contributed by atoms with Crippen molar-refractivity contribution >= 4 is 11.9 Å². The summed E-state index contributed by atoms with van der Waals surface area (Å²) in [5.41, 5.74) is 0. The van der Waals surface area contributed by atoms with Gasteiger partial charge in [0.15, 0.2) is 0 Å². The molecule has 1 aliphatic heterocycles. The Balaban J connectivity index is 2.16. The van der Waals surface area contributed by atoms with Gasteiger partial charge in [-0.05, 0) is 26.2 Å². The van der Waals surface area contributed by atoms with Crippen molar-refractivity contribution in [1.29, 1.82) is 0 Å². The molecule has 6 nitrogen and oxygen atoms in total. The molecule has 1 aromatic heterocycles. The van der Waals surface area contributed by atoms with Gasteiger partial charge in [-0.1, -0.05) is 0 Å². The lowest BCUT2D eigenvalue weighted by Crippen LogP contribution is -2.41. The Morgan fingerprint density at radius 3 is 3.16 bits per heavy atom. The molecule has 0 aromatic carbocycles. The number of ether oxygens (including phenoxy) is 1. The molecule has 1 unspecified atom stereocenters. The second kappa shape index (κ2) is 6.36. The number of hydrogen-bond acceptors (Lipinski definition) is 5. The molecule has 1 atom stereocenters. The molecular weight excluding hydrogens is 246 g/mol. The van der Waals surface area contributed by atoms with Crippen molar-refractivity contribution < 1.29 is 14.6 Å². The first kappa shape index (κ1) is 13.6. The van der Waals surface area contributed by atoms with E-state index in [-0.39, 0.29) is 12.5 Å². The molecule has 104 valence electrons. The van der Waals surface area contributed by atoms with Gasteiger partial charge in [-0.15, -0.1) is 0 Å². The van der Waals surface area contributed by atoms with E-state index in [0.717, 1.165) is 25.8 Å². The van der Waals surface area contributed by atoms with E-state index in [1.807, 2.05) is 11.8 Å². The van der Waals surface area contributed by atoms with Crippen LogP contribution in [0, 0.1) is 0 Å². The third-order valence-corrected chi connectivity index (χ3v) is 3.20. The molecule has 2 rings (SSSR count). The normalized spacial score (nSPS) is 19.2. The summed E-state index contributed by atoms with van der Waals surface area (Å²) in [5, 5.41) is 8.98. The van der Waals surface area contributed by atoms with Crippen molar-refractivity contribution in [2.24, 2.45) is 0 Å². The smallest absolute Gasteiger partial charge is 0.305 e. The van der Waals surface area contributed by atoms with Crippen molar-refractivity contribution in [3.8, 4) is 5.88 Å². The van der Waals surface area contributed by atoms with Gasteiger partial charge in [-0.2, -0.15) is 4.98 Å². The molecule has 0 amide bonds. The highest BCUT2D eigenvalue weighted by atomic mass is 16.5. The van der Waals surface area contributed by atoms with Crippen LogP contribution in [0.25, 0.3) is 0 Å². The fourth-order valence-corrected chi connectivity index (χ4v) is 2.38. The zero-order chi connectivity index (χ0) is 13.7. The lowest BCUT2D eigenvalue weighted by molar-refractivity contribution is -0.137. The quantitative estimate of drug-likeness (QED) is 0.873. The Hall–Kier alpha value is -1.85. The van der Waals surface area contributed by atoms with Gasteiger partial charge < -0.3 is 14.7 Å². The van der Waals surface area contributed by atoms with Crippen molar-refractivity contribution in [3.63, 3.8) is 0 Å². The fraction of sp³-hybridized carbons (Fsp3) is 0.615. The first-order valence-electron chi connectivity index (χ1n) is 6.65. The zero-order valence-electron chi connectivity index (χ0n) is 11.1. The van der Waals surface area contributed by atoms with Crippen LogP contribution in [0.3, 0.4) is 0 Å². The molecular formula is C13H19N3O3. The summed E-state index contributed by atoms with van der Waals surface area (Å²) in [6.07, 6.45) is 4.74. The monoisotopic (exact) mass is 265 g/mol. The molecule has 0 spiro atoms. The van der Waals surface area contributed by atoms with Gasteiger partial charge in [-0.3, -0.25) is 4.79 Å². The summed E-state index contributed by atoms with van der Waals surface area (Å²) in [6, 6.07) is 1.69. The van der Waals surface area contributed by atoms with Gasteiger partial charge >= 0.3 is 5.97 Å². The average Bonchev–Trinajstić information content (AvgIpc) is 2.39. The van der Waals surface area contributed by atoms with Crippen molar-refractivity contribution in [1.82, 2.24) is 9.97 Å². The predicted molar refractivity (Wildman–Crippen MR) is 70.4 cm³/mol. The largest absolute Gasteiger partial charge is 0.481 e. The second-order valence-corrected chi connectivity index (χ2v) is 4.57. The van der Waals surface area contributed by atoms with E-state index in [9.17, 15) is 4.79 Å². The molecule has 1 fully saturated rings. The molecule has 0 radical (unpaired) electrons. The van der Waals surface area contributed by atoms with Crippen LogP contribution < -0.4 is 9.64 Å². The number of carboxylic acids is 1. The topological polar surface area (TPSA) is 75.5 Å². The van der Waals surface area contributed by atoms with E-state index < -0.39 is 5.97 Å². The summed E-state index contributed by atoms with van der Waals surface area (Å²) >= 11 is 0. The minimum atomic E-state index is -0.780. The van der Waals surface area contributed by atoms with E-state index in [1.165, 1.54) is 0 Å². The third-order valence-electron chi connectivity index (χ3n) is 3.20. The van der Waals surface area contributed by atoms with E-state index in [0.29, 0.717) is 18.4 Å². The van der Waals surface area contributed by atoms with Crippen LogP contribution in [0.1, 0.15) is 32.6 Å². The van der Waals surface area contributed by atoms with Crippen LogP contribution in [0.15, 0.2) is 12.3 Å². The number of nitrogens with zero attached hydrogens (tertiary/aromatic N) is 3. The van der Waals surface area contributed by atoms with Gasteiger partial charge in [0, 0.05) is 24.8 Å². The first-order valence-corrected chi connectivity index (χ1v) is 6.65. The van der Waals surface area contributed by atoms with Crippen LogP contribution in [-0.2, 0) is 4.79 Å². The SMILES string of the molecule is CCOc1ccnc(N2CCCCC2CC(=O)O)n1. The molecule has 0 bridgehead atoms. The Labute approximate surface area is 112 Å². The molecule has 2 heterocycles. The van der Waals surface area contributed by atoms with E-state index in [4.69, 9.17) is 9.84 Å². The molecule has 19 heavy (non-hydrogen) atoms. The lowest BCUT2D eigenvalue weighted by Gasteiger charge is -2.34. The average molecular weight is 265 g/mol. The number of aromatic nitrogens is 2. The molecule has 1 N–H and O–H groups in total. The van der Waals surface area contributed by atoms with E-state index in [1.54, 1.807) is 12.3 Å². The summed E-state index contributed by atoms with van der Waals surface area (Å²) in [5.74, 6) is 0.321. The van der Waals surface area contributed by atoms with Crippen LogP contribution in [0.2, 0.25) is 0 Å². The van der Waals surface area contributed by atoms with Crippen LogP contribution >= 0.6 is 0 Å². The van der Waals surface area contributed by atoms with Gasteiger partial charge in [0.1, 0.15) is 0 Å². The zero-order valence-corrected chi connectivity index (χ0v) is 11.1. The maximum atomic E-state index is 10.9. The highest BCUT2D eigenvalue weighted by Crippen LogP contribution is 2.24. The number of aliphatic carboxylic acids is 1. The highest BCUT2D eigenvalue weighted by Gasteiger charge is 2.26. The Morgan fingerprint density at radius 2 is 2.42 bits per heavy atom. The van der Waals surface area contributed by atoms with Crippen LogP contribution in [0.5, 0.6) is 5.88 Å². The summed E-state index contributed by atoms with van der Waals surface area (Å²) in [7, 11) is 0. The van der Waals surface area contributed by atoms with E-state index in [2.05, 4.69) is 9.97 Å². The Bertz CT molecular complexity index is 439. The number of carbonyl (C=O) groups is 1. The molecule has 0 aliphatic carbocycles. The van der Waals surface area contributed by atoms with Crippen molar-refractivity contribution in [2.45, 2.75) is 38.6 Å². The number of anilines is 1. The standard InChI is InChI=1S/C13H19N3O3/c1-2-19-11-6-7-14-13(15-11)16-8-4-3-5-10(16)9-12(17)18/h6-7,10H,2-5,8-9H2,1H3,(H,17,18). The van der Waals surface area contributed by atoms with Crippen molar-refractivity contribution in [3.05, 3.63) is 12.3 Å². The summed E-state index contributed by atoms with van der Waals surface area (Å²) in [6.45, 7) is 3.25. The molecule has 1 aliphatic rings. The minimum Gasteiger partial charge on any atom is -0.481 e. The predicted octanol–water partition coefficient (Wildman–Crippen LogP) is 1.71. The molecule has 0 saturated carbocycles. The fourth-order valence-electron chi connectivity index (χ4n) is 2.38. The molecule has 1 aromatic rings. The van der Waals surface area contributed by atoms with Gasteiger partial charge in [0.2, 0.25) is 11.8 Å². The minimum absolute atomic E-state index is 0.0249. The van der Waals surface area contributed by atoms with Gasteiger partial charge in [0.25, 0.3) is 0 Å². The Kier molecular flexibility index (Phi) is 4.54. The molecule has 6 heteroatoms. The van der Waals surface area contributed by atoms with Crippen molar-refractivity contribution in [2.75, 3.05) is 18.1 Å². The number of rotatable bonds is 5. The highest BCUT2D eigenvalue weighted by molar-refractivity contribution is 5.68. The third kappa shape index (κ3) is 3.56. The first-order chi connectivity index (χ1) is 9.20. The maximum absolute atomic E-state index is 10.9. The molecule has 1 saturated heterocycles. The van der Waals surface area contributed by atoms with E-state index >= 15 is 0 Å². The van der Waals surface area contributed by atoms with Gasteiger partial charge in [-0.25, -0.2) is 4.98 Å². The maximum Gasteiger partial charge on any atom is 0.305 e. The van der Waals surface area contributed by atoms with Gasteiger partial charge in [0.05, 0.1) is 13.0 Å². The summed E-state index contributed by atoms with van der Waals surface area (Å²) < 4.78 is 5.36. The van der Waals surface area contributed by atoms with Crippen LogP contribution in [0.4, 0.5) is 5.95 Å². The lowest BCUT2D eigenvalue weighted by atomic mass is 10.00. The Morgan fingerprint density at radius 1 is 1.58 bits per heavy atom. The number of hydrogen-bond donors (Lipinski definition) is 1.